The molecule has 0 saturated heterocycles. The summed E-state index contributed by atoms with van der Waals surface area (Å²) in [7, 11) is 2.02. The third-order valence-corrected chi connectivity index (χ3v) is 4.11. The Labute approximate surface area is 145 Å². The van der Waals surface area contributed by atoms with Crippen LogP contribution in [0.4, 0.5) is 5.82 Å². The lowest BCUT2D eigenvalue weighted by Gasteiger charge is -2.20. The van der Waals surface area contributed by atoms with E-state index in [-0.39, 0.29) is 0 Å². The van der Waals surface area contributed by atoms with Crippen molar-refractivity contribution in [2.24, 2.45) is 0 Å². The van der Waals surface area contributed by atoms with E-state index in [0.717, 1.165) is 28.0 Å². The van der Waals surface area contributed by atoms with Crippen LogP contribution in [0.3, 0.4) is 0 Å². The Kier molecular flexibility index (Phi) is 3.85. The maximum Gasteiger partial charge on any atom is 0.164 e. The minimum atomic E-state index is 0.682. The van der Waals surface area contributed by atoms with Crippen LogP contribution in [0.2, 0.25) is 0 Å². The fourth-order valence-electron chi connectivity index (χ4n) is 2.96. The SMILES string of the molecule is Cc1nc(N(C)Cc2cn[nH]c2-c2ccccc2)c2cccnc2n1. The predicted octanol–water partition coefficient (Wildman–Crippen LogP) is 3.36. The number of anilines is 1. The molecule has 0 aliphatic carbocycles. The summed E-state index contributed by atoms with van der Waals surface area (Å²) < 4.78 is 0. The zero-order chi connectivity index (χ0) is 17.2. The van der Waals surface area contributed by atoms with Gasteiger partial charge in [0, 0.05) is 25.4 Å². The number of hydrogen-bond acceptors (Lipinski definition) is 5. The highest BCUT2D eigenvalue weighted by Gasteiger charge is 2.14. The Morgan fingerprint density at radius 1 is 1.04 bits per heavy atom. The van der Waals surface area contributed by atoms with Crippen molar-refractivity contribution < 1.29 is 0 Å². The quantitative estimate of drug-likeness (QED) is 0.621. The van der Waals surface area contributed by atoms with Gasteiger partial charge in [-0.2, -0.15) is 5.10 Å². The van der Waals surface area contributed by atoms with Gasteiger partial charge in [0.15, 0.2) is 5.65 Å². The van der Waals surface area contributed by atoms with Gasteiger partial charge in [0.1, 0.15) is 11.6 Å². The molecule has 0 aliphatic rings. The summed E-state index contributed by atoms with van der Waals surface area (Å²) in [6.07, 6.45) is 3.62. The first-order valence-corrected chi connectivity index (χ1v) is 8.10. The van der Waals surface area contributed by atoms with E-state index in [0.29, 0.717) is 18.0 Å². The van der Waals surface area contributed by atoms with Crippen molar-refractivity contribution in [3.63, 3.8) is 0 Å². The Morgan fingerprint density at radius 2 is 1.88 bits per heavy atom. The number of nitrogens with zero attached hydrogens (tertiary/aromatic N) is 5. The number of H-pyrrole nitrogens is 1. The molecule has 0 amide bonds. The third-order valence-electron chi connectivity index (χ3n) is 4.11. The molecule has 1 N–H and O–H groups in total. The molecule has 0 fully saturated rings. The molecule has 0 spiro atoms. The third kappa shape index (κ3) is 2.94. The normalized spacial score (nSPS) is 11.0. The molecule has 0 atom stereocenters. The van der Waals surface area contributed by atoms with E-state index < -0.39 is 0 Å². The molecule has 6 heteroatoms. The van der Waals surface area contributed by atoms with Crippen LogP contribution in [0.25, 0.3) is 22.3 Å². The van der Waals surface area contributed by atoms with Gasteiger partial charge >= 0.3 is 0 Å². The number of fused-ring (bicyclic) bond motifs is 1. The Bertz CT molecular complexity index is 1010. The van der Waals surface area contributed by atoms with Crippen LogP contribution in [0.1, 0.15) is 11.4 Å². The highest BCUT2D eigenvalue weighted by Crippen LogP contribution is 2.26. The van der Waals surface area contributed by atoms with Crippen molar-refractivity contribution in [2.45, 2.75) is 13.5 Å². The molecule has 3 heterocycles. The van der Waals surface area contributed by atoms with E-state index in [1.807, 2.05) is 50.5 Å². The second kappa shape index (κ2) is 6.32. The van der Waals surface area contributed by atoms with Crippen LogP contribution in [0.5, 0.6) is 0 Å². The van der Waals surface area contributed by atoms with E-state index in [4.69, 9.17) is 0 Å². The van der Waals surface area contributed by atoms with Crippen LogP contribution >= 0.6 is 0 Å². The Hall–Kier alpha value is -3.28. The molecule has 25 heavy (non-hydrogen) atoms. The molecular weight excluding hydrogens is 312 g/mol. The number of aromatic nitrogens is 5. The lowest BCUT2D eigenvalue weighted by atomic mass is 10.1. The summed E-state index contributed by atoms with van der Waals surface area (Å²) in [5, 5.41) is 8.28. The van der Waals surface area contributed by atoms with E-state index in [2.05, 4.69) is 42.2 Å². The van der Waals surface area contributed by atoms with E-state index in [1.165, 1.54) is 0 Å². The number of pyridine rings is 1. The molecule has 0 unspecified atom stereocenters. The first-order valence-electron chi connectivity index (χ1n) is 8.10. The number of aryl methyl sites for hydroxylation is 1. The van der Waals surface area contributed by atoms with Gasteiger partial charge in [-0.15, -0.1) is 0 Å². The topological polar surface area (TPSA) is 70.6 Å². The largest absolute Gasteiger partial charge is 0.355 e. The predicted molar refractivity (Wildman–Crippen MR) is 98.2 cm³/mol. The molecule has 0 aliphatic heterocycles. The van der Waals surface area contributed by atoms with Crippen LogP contribution in [0, 0.1) is 6.92 Å². The number of nitrogens with one attached hydrogen (secondary N) is 1. The monoisotopic (exact) mass is 330 g/mol. The first-order chi connectivity index (χ1) is 12.2. The van der Waals surface area contributed by atoms with Gasteiger partial charge in [0.2, 0.25) is 0 Å². The molecule has 6 nitrogen and oxygen atoms in total. The molecule has 1 aromatic carbocycles. The van der Waals surface area contributed by atoms with Gasteiger partial charge in [0.05, 0.1) is 17.3 Å². The van der Waals surface area contributed by atoms with E-state index in [9.17, 15) is 0 Å². The highest BCUT2D eigenvalue weighted by molar-refractivity contribution is 5.86. The summed E-state index contributed by atoms with van der Waals surface area (Å²) in [5.41, 5.74) is 3.98. The molecule has 3 aromatic heterocycles. The maximum atomic E-state index is 4.63. The standard InChI is InChI=1S/C19H18N6/c1-13-22-18-16(9-6-10-20-18)19(23-13)25(2)12-15-11-21-24-17(15)14-7-4-3-5-8-14/h3-11H,12H2,1-2H3,(H,21,24). The van der Waals surface area contributed by atoms with Gasteiger partial charge in [-0.25, -0.2) is 15.0 Å². The number of aromatic amines is 1. The van der Waals surface area contributed by atoms with Crippen molar-refractivity contribution in [1.82, 2.24) is 25.1 Å². The van der Waals surface area contributed by atoms with Gasteiger partial charge in [-0.05, 0) is 24.6 Å². The number of rotatable bonds is 4. The lowest BCUT2D eigenvalue weighted by molar-refractivity contribution is 0.891. The summed E-state index contributed by atoms with van der Waals surface area (Å²) >= 11 is 0. The minimum absolute atomic E-state index is 0.682. The summed E-state index contributed by atoms with van der Waals surface area (Å²) in [6, 6.07) is 14.1. The molecular formula is C19H18N6. The molecule has 0 saturated carbocycles. The average molecular weight is 330 g/mol. The van der Waals surface area contributed by atoms with Crippen LogP contribution < -0.4 is 4.90 Å². The molecule has 4 aromatic rings. The van der Waals surface area contributed by atoms with Crippen molar-refractivity contribution in [1.29, 1.82) is 0 Å². The Balaban J connectivity index is 1.71. The maximum absolute atomic E-state index is 4.63. The molecule has 0 bridgehead atoms. The Morgan fingerprint density at radius 3 is 2.72 bits per heavy atom. The fraction of sp³-hybridized carbons (Fsp3) is 0.158. The number of benzene rings is 1. The highest BCUT2D eigenvalue weighted by atomic mass is 15.2. The molecule has 124 valence electrons. The number of hydrogen-bond donors (Lipinski definition) is 1. The van der Waals surface area contributed by atoms with Crippen molar-refractivity contribution in [3.8, 4) is 11.3 Å². The van der Waals surface area contributed by atoms with Crippen molar-refractivity contribution in [3.05, 3.63) is 66.2 Å². The summed E-state index contributed by atoms with van der Waals surface area (Å²) in [5.74, 6) is 1.58. The summed E-state index contributed by atoms with van der Waals surface area (Å²) in [4.78, 5) is 15.5. The lowest BCUT2D eigenvalue weighted by Crippen LogP contribution is -2.19. The smallest absolute Gasteiger partial charge is 0.164 e. The minimum Gasteiger partial charge on any atom is -0.355 e. The average Bonchev–Trinajstić information content (AvgIpc) is 3.09. The zero-order valence-corrected chi connectivity index (χ0v) is 14.1. The fourth-order valence-corrected chi connectivity index (χ4v) is 2.96. The van der Waals surface area contributed by atoms with Crippen molar-refractivity contribution >= 4 is 16.9 Å². The molecule has 0 radical (unpaired) electrons. The van der Waals surface area contributed by atoms with Gasteiger partial charge in [0.25, 0.3) is 0 Å². The van der Waals surface area contributed by atoms with E-state index in [1.54, 1.807) is 6.20 Å². The van der Waals surface area contributed by atoms with Gasteiger partial charge in [-0.1, -0.05) is 30.3 Å². The molecule has 4 rings (SSSR count). The van der Waals surface area contributed by atoms with Crippen LogP contribution in [0.15, 0.2) is 54.9 Å². The second-order valence-electron chi connectivity index (χ2n) is 5.96. The van der Waals surface area contributed by atoms with Crippen LogP contribution in [-0.2, 0) is 6.54 Å². The van der Waals surface area contributed by atoms with Gasteiger partial charge < -0.3 is 4.90 Å². The zero-order valence-electron chi connectivity index (χ0n) is 14.1. The van der Waals surface area contributed by atoms with Crippen LogP contribution in [-0.4, -0.2) is 32.2 Å². The first kappa shape index (κ1) is 15.3. The summed E-state index contributed by atoms with van der Waals surface area (Å²) in [6.45, 7) is 2.57. The van der Waals surface area contributed by atoms with E-state index >= 15 is 0 Å². The van der Waals surface area contributed by atoms with Crippen molar-refractivity contribution in [2.75, 3.05) is 11.9 Å². The van der Waals surface area contributed by atoms with Gasteiger partial charge in [-0.3, -0.25) is 5.10 Å². The second-order valence-corrected chi connectivity index (χ2v) is 5.96.